The third-order valence-corrected chi connectivity index (χ3v) is 4.13. The van der Waals surface area contributed by atoms with E-state index in [0.717, 1.165) is 24.9 Å². The molecule has 23 heavy (non-hydrogen) atoms. The molecule has 0 spiro atoms. The summed E-state index contributed by atoms with van der Waals surface area (Å²) in [7, 11) is 0. The first-order valence-corrected chi connectivity index (χ1v) is 7.47. The Morgan fingerprint density at radius 1 is 1.35 bits per heavy atom. The van der Waals surface area contributed by atoms with Gasteiger partial charge in [0.25, 0.3) is 0 Å². The number of hydrogen-bond donors (Lipinski definition) is 1. The van der Waals surface area contributed by atoms with E-state index in [-0.39, 0.29) is 18.7 Å². The Morgan fingerprint density at radius 3 is 3.09 bits per heavy atom. The van der Waals surface area contributed by atoms with Crippen molar-refractivity contribution in [3.8, 4) is 22.9 Å². The normalized spacial score (nSPS) is 20.1. The van der Waals surface area contributed by atoms with E-state index < -0.39 is 0 Å². The number of hydrogen-bond acceptors (Lipinski definition) is 7. The minimum atomic E-state index is -0.307. The fourth-order valence-corrected chi connectivity index (χ4v) is 2.98. The highest BCUT2D eigenvalue weighted by Crippen LogP contribution is 2.35. The minimum absolute atomic E-state index is 0.222. The van der Waals surface area contributed by atoms with E-state index in [9.17, 15) is 4.79 Å². The number of nitrogens with two attached hydrogens (primary N) is 1. The van der Waals surface area contributed by atoms with Gasteiger partial charge in [-0.3, -0.25) is 9.69 Å². The van der Waals surface area contributed by atoms with E-state index in [1.165, 1.54) is 0 Å². The van der Waals surface area contributed by atoms with Crippen molar-refractivity contribution >= 4 is 5.91 Å². The summed E-state index contributed by atoms with van der Waals surface area (Å²) in [6, 6.07) is 5.23. The molecular formula is C15H16N4O4. The number of rotatable bonds is 4. The number of ether oxygens (including phenoxy) is 2. The maximum absolute atomic E-state index is 11.4. The first-order valence-electron chi connectivity index (χ1n) is 7.47. The fourth-order valence-electron chi connectivity index (χ4n) is 2.98. The first-order chi connectivity index (χ1) is 11.2. The van der Waals surface area contributed by atoms with Crippen LogP contribution in [-0.2, 0) is 11.3 Å². The molecule has 0 saturated carbocycles. The van der Waals surface area contributed by atoms with Gasteiger partial charge < -0.3 is 19.7 Å². The summed E-state index contributed by atoms with van der Waals surface area (Å²) in [5, 5.41) is 4.00. The van der Waals surface area contributed by atoms with E-state index in [4.69, 9.17) is 19.7 Å². The molecule has 2 aromatic rings. The van der Waals surface area contributed by atoms with Crippen LogP contribution in [-0.4, -0.2) is 40.3 Å². The van der Waals surface area contributed by atoms with E-state index >= 15 is 0 Å². The van der Waals surface area contributed by atoms with Crippen LogP contribution < -0.4 is 15.2 Å². The van der Waals surface area contributed by atoms with E-state index in [1.54, 1.807) is 0 Å². The number of likely N-dealkylation sites (tertiary alicyclic amines) is 1. The van der Waals surface area contributed by atoms with Crippen molar-refractivity contribution in [2.75, 3.05) is 13.3 Å². The van der Waals surface area contributed by atoms with Crippen molar-refractivity contribution in [1.82, 2.24) is 15.0 Å². The summed E-state index contributed by atoms with van der Waals surface area (Å²) in [5.41, 5.74) is 6.21. The highest BCUT2D eigenvalue weighted by molar-refractivity contribution is 5.80. The number of benzene rings is 1. The highest BCUT2D eigenvalue weighted by Gasteiger charge is 2.30. The van der Waals surface area contributed by atoms with Gasteiger partial charge in [0.1, 0.15) is 0 Å². The Morgan fingerprint density at radius 2 is 2.22 bits per heavy atom. The maximum Gasteiger partial charge on any atom is 0.241 e. The molecule has 4 rings (SSSR count). The molecule has 0 aliphatic carbocycles. The zero-order valence-corrected chi connectivity index (χ0v) is 12.4. The second-order valence-corrected chi connectivity index (χ2v) is 5.61. The molecule has 8 nitrogen and oxygen atoms in total. The van der Waals surface area contributed by atoms with Gasteiger partial charge in [-0.15, -0.1) is 0 Å². The molecule has 1 fully saturated rings. The van der Waals surface area contributed by atoms with Crippen LogP contribution in [0.15, 0.2) is 22.7 Å². The summed E-state index contributed by atoms with van der Waals surface area (Å²) < 4.78 is 15.9. The molecule has 0 unspecified atom stereocenters. The minimum Gasteiger partial charge on any atom is -0.454 e. The van der Waals surface area contributed by atoms with Crippen LogP contribution in [0.2, 0.25) is 0 Å². The summed E-state index contributed by atoms with van der Waals surface area (Å²) in [6.07, 6.45) is 1.72. The number of nitrogens with zero attached hydrogens (tertiary/aromatic N) is 3. The number of aromatic nitrogens is 2. The first kappa shape index (κ1) is 14.0. The van der Waals surface area contributed by atoms with Crippen LogP contribution >= 0.6 is 0 Å². The zero-order chi connectivity index (χ0) is 15.8. The maximum atomic E-state index is 11.4. The van der Waals surface area contributed by atoms with E-state index in [1.807, 2.05) is 23.1 Å². The van der Waals surface area contributed by atoms with Gasteiger partial charge in [0.05, 0.1) is 12.6 Å². The number of carbonyl (C=O) groups is 1. The van der Waals surface area contributed by atoms with Crippen molar-refractivity contribution in [3.05, 3.63) is 24.1 Å². The van der Waals surface area contributed by atoms with Gasteiger partial charge in [-0.1, -0.05) is 5.16 Å². The Kier molecular flexibility index (Phi) is 3.38. The average Bonchev–Trinajstić information content (AvgIpc) is 3.26. The molecule has 1 saturated heterocycles. The lowest BCUT2D eigenvalue weighted by molar-refractivity contribution is -0.122. The van der Waals surface area contributed by atoms with Crippen LogP contribution in [0.4, 0.5) is 0 Å². The summed E-state index contributed by atoms with van der Waals surface area (Å²) >= 11 is 0. The summed E-state index contributed by atoms with van der Waals surface area (Å²) in [6.45, 7) is 1.44. The number of fused-ring (bicyclic) bond motifs is 1. The molecule has 2 N–H and O–H groups in total. The smallest absolute Gasteiger partial charge is 0.241 e. The Labute approximate surface area is 132 Å². The second kappa shape index (κ2) is 5.54. The number of carbonyl (C=O) groups excluding carboxylic acids is 1. The predicted molar refractivity (Wildman–Crippen MR) is 78.5 cm³/mol. The zero-order valence-electron chi connectivity index (χ0n) is 12.4. The highest BCUT2D eigenvalue weighted by atomic mass is 16.7. The largest absolute Gasteiger partial charge is 0.454 e. The van der Waals surface area contributed by atoms with Crippen molar-refractivity contribution in [3.63, 3.8) is 0 Å². The van der Waals surface area contributed by atoms with Crippen molar-refractivity contribution in [1.29, 1.82) is 0 Å². The van der Waals surface area contributed by atoms with Crippen LogP contribution in [0.25, 0.3) is 11.4 Å². The molecule has 1 atom stereocenters. The van der Waals surface area contributed by atoms with Gasteiger partial charge in [0, 0.05) is 5.56 Å². The number of amides is 1. The lowest BCUT2D eigenvalue weighted by Crippen LogP contribution is -2.39. The lowest BCUT2D eigenvalue weighted by atomic mass is 10.2. The van der Waals surface area contributed by atoms with Gasteiger partial charge in [0.15, 0.2) is 11.5 Å². The van der Waals surface area contributed by atoms with Gasteiger partial charge in [-0.2, -0.15) is 4.98 Å². The molecule has 1 amide bonds. The van der Waals surface area contributed by atoms with Crippen molar-refractivity contribution < 1.29 is 18.8 Å². The Bertz CT molecular complexity index is 745. The Hall–Kier alpha value is -2.61. The van der Waals surface area contributed by atoms with Crippen LogP contribution in [0.5, 0.6) is 11.5 Å². The predicted octanol–water partition coefficient (Wildman–Crippen LogP) is 0.915. The van der Waals surface area contributed by atoms with E-state index in [0.29, 0.717) is 29.8 Å². The summed E-state index contributed by atoms with van der Waals surface area (Å²) in [5.74, 6) is 2.01. The molecule has 3 heterocycles. The van der Waals surface area contributed by atoms with Gasteiger partial charge in [-0.05, 0) is 37.6 Å². The molecule has 1 aromatic heterocycles. The summed E-state index contributed by atoms with van der Waals surface area (Å²) in [4.78, 5) is 17.8. The SMILES string of the molecule is NC(=O)[C@H]1CCCN1Cc1nc(-c2ccc3c(c2)OCO3)no1. The van der Waals surface area contributed by atoms with Crippen molar-refractivity contribution in [2.45, 2.75) is 25.4 Å². The van der Waals surface area contributed by atoms with Gasteiger partial charge in [0.2, 0.25) is 24.4 Å². The third kappa shape index (κ3) is 2.61. The molecule has 2 aliphatic rings. The molecule has 8 heteroatoms. The molecule has 120 valence electrons. The fraction of sp³-hybridized carbons (Fsp3) is 0.400. The standard InChI is InChI=1S/C15H16N4O4/c16-14(20)10-2-1-5-19(10)7-13-17-15(18-23-13)9-3-4-11-12(6-9)22-8-21-11/h3-4,6,10H,1-2,5,7-8H2,(H2,16,20)/t10-/m1/s1. The third-order valence-electron chi connectivity index (χ3n) is 4.13. The topological polar surface area (TPSA) is 104 Å². The lowest BCUT2D eigenvalue weighted by Gasteiger charge is -2.19. The van der Waals surface area contributed by atoms with Crippen LogP contribution in [0, 0.1) is 0 Å². The monoisotopic (exact) mass is 316 g/mol. The second-order valence-electron chi connectivity index (χ2n) is 5.61. The Balaban J connectivity index is 1.52. The number of primary amides is 1. The van der Waals surface area contributed by atoms with Gasteiger partial charge in [-0.25, -0.2) is 0 Å². The molecule has 2 aliphatic heterocycles. The van der Waals surface area contributed by atoms with Crippen LogP contribution in [0.3, 0.4) is 0 Å². The van der Waals surface area contributed by atoms with Crippen LogP contribution in [0.1, 0.15) is 18.7 Å². The molecule has 1 aromatic carbocycles. The molecular weight excluding hydrogens is 300 g/mol. The molecule has 0 bridgehead atoms. The van der Waals surface area contributed by atoms with Gasteiger partial charge >= 0.3 is 0 Å². The van der Waals surface area contributed by atoms with E-state index in [2.05, 4.69) is 10.1 Å². The quantitative estimate of drug-likeness (QED) is 0.894. The van der Waals surface area contributed by atoms with Crippen molar-refractivity contribution in [2.24, 2.45) is 5.73 Å². The molecule has 0 radical (unpaired) electrons. The average molecular weight is 316 g/mol.